The molecule has 0 aliphatic carbocycles. The molecule has 0 aliphatic rings. The average molecular weight is 950 g/mol. The Morgan fingerprint density at radius 3 is 0.941 bits per heavy atom. The van der Waals surface area contributed by atoms with Gasteiger partial charge in [-0.3, -0.25) is 14.4 Å². The number of unbranched alkanes of at least 4 members (excludes halogenated alkanes) is 32. The fourth-order valence-electron chi connectivity index (χ4n) is 8.13. The number of allylic oxidation sites excluding steroid dienone is 12. The third-order valence-corrected chi connectivity index (χ3v) is 12.5. The molecule has 0 bridgehead atoms. The number of hydrogen-bond acceptors (Lipinski definition) is 6. The monoisotopic (exact) mass is 949 g/mol. The van der Waals surface area contributed by atoms with Crippen LogP contribution < -0.4 is 0 Å². The summed E-state index contributed by atoms with van der Waals surface area (Å²) in [6, 6.07) is 0. The highest BCUT2D eigenvalue weighted by atomic mass is 16.6. The minimum Gasteiger partial charge on any atom is -0.462 e. The molecule has 1 atom stereocenters. The molecule has 6 nitrogen and oxygen atoms in total. The van der Waals surface area contributed by atoms with Crippen LogP contribution in [0.15, 0.2) is 72.9 Å². The zero-order chi connectivity index (χ0) is 49.3. The molecule has 0 heterocycles. The van der Waals surface area contributed by atoms with Crippen LogP contribution >= 0.6 is 0 Å². The molecule has 0 aliphatic heterocycles. The van der Waals surface area contributed by atoms with Gasteiger partial charge in [-0.05, 0) is 89.9 Å². The van der Waals surface area contributed by atoms with Crippen molar-refractivity contribution in [2.75, 3.05) is 13.2 Å². The van der Waals surface area contributed by atoms with Crippen molar-refractivity contribution in [3.8, 4) is 0 Å². The first-order valence-corrected chi connectivity index (χ1v) is 29.0. The summed E-state index contributed by atoms with van der Waals surface area (Å²) >= 11 is 0. The fourth-order valence-corrected chi connectivity index (χ4v) is 8.13. The second-order valence-electron chi connectivity index (χ2n) is 19.3. The number of esters is 3. The topological polar surface area (TPSA) is 78.9 Å². The Kier molecular flexibility index (Phi) is 53.8. The minimum atomic E-state index is -0.790. The van der Waals surface area contributed by atoms with Crippen LogP contribution in [0.5, 0.6) is 0 Å². The highest BCUT2D eigenvalue weighted by Gasteiger charge is 2.19. The van der Waals surface area contributed by atoms with E-state index in [4.69, 9.17) is 14.2 Å². The predicted molar refractivity (Wildman–Crippen MR) is 293 cm³/mol. The first-order chi connectivity index (χ1) is 33.5. The van der Waals surface area contributed by atoms with Crippen LogP contribution in [-0.2, 0) is 28.6 Å². The lowest BCUT2D eigenvalue weighted by Gasteiger charge is -2.18. The van der Waals surface area contributed by atoms with E-state index in [1.54, 1.807) is 0 Å². The third-order valence-electron chi connectivity index (χ3n) is 12.5. The normalized spacial score (nSPS) is 12.6. The molecule has 0 rings (SSSR count). The number of rotatable bonds is 52. The number of hydrogen-bond donors (Lipinski definition) is 0. The Morgan fingerprint density at radius 1 is 0.309 bits per heavy atom. The van der Waals surface area contributed by atoms with Gasteiger partial charge in [0.05, 0.1) is 0 Å². The lowest BCUT2D eigenvalue weighted by atomic mass is 10.1. The lowest BCUT2D eigenvalue weighted by molar-refractivity contribution is -0.167. The van der Waals surface area contributed by atoms with Crippen LogP contribution in [0.1, 0.15) is 284 Å². The highest BCUT2D eigenvalue weighted by Crippen LogP contribution is 2.15. The number of carbonyl (C=O) groups excluding carboxylic acids is 3. The molecule has 0 aromatic heterocycles. The van der Waals surface area contributed by atoms with Gasteiger partial charge in [0.2, 0.25) is 0 Å². The van der Waals surface area contributed by atoms with Crippen molar-refractivity contribution < 1.29 is 28.6 Å². The quantitative estimate of drug-likeness (QED) is 0.0199. The fraction of sp³-hybridized carbons (Fsp3) is 0.758. The van der Waals surface area contributed by atoms with Gasteiger partial charge in [-0.25, -0.2) is 0 Å². The van der Waals surface area contributed by atoms with E-state index in [-0.39, 0.29) is 31.1 Å². The van der Waals surface area contributed by atoms with Crippen molar-refractivity contribution in [1.29, 1.82) is 0 Å². The molecule has 0 aromatic carbocycles. The molecule has 0 saturated heterocycles. The summed E-state index contributed by atoms with van der Waals surface area (Å²) < 4.78 is 16.9. The molecule has 392 valence electrons. The first kappa shape index (κ1) is 64.8. The summed E-state index contributed by atoms with van der Waals surface area (Å²) in [5.41, 5.74) is 0. The lowest BCUT2D eigenvalue weighted by Crippen LogP contribution is -2.30. The van der Waals surface area contributed by atoms with E-state index in [1.807, 2.05) is 0 Å². The van der Waals surface area contributed by atoms with Gasteiger partial charge in [-0.2, -0.15) is 0 Å². The van der Waals surface area contributed by atoms with E-state index in [1.165, 1.54) is 154 Å². The van der Waals surface area contributed by atoms with Gasteiger partial charge in [0.15, 0.2) is 6.10 Å². The Hall–Kier alpha value is -3.15. The SMILES string of the molecule is CC\C=C/C=C\C=C/CCCCCCCCCC(=O)OCC(COC(=O)CCCCCCC/C=C\C=C/CCCCCCCCC)OC(=O)CCCCCCCCC/C=C\CCCCCCCC. The van der Waals surface area contributed by atoms with Gasteiger partial charge in [-0.15, -0.1) is 0 Å². The van der Waals surface area contributed by atoms with Crippen LogP contribution in [0.4, 0.5) is 0 Å². The molecule has 1 unspecified atom stereocenters. The molecule has 6 heteroatoms. The Labute approximate surface area is 421 Å². The van der Waals surface area contributed by atoms with E-state index >= 15 is 0 Å². The molecule has 0 saturated carbocycles. The Bertz CT molecular complexity index is 1270. The van der Waals surface area contributed by atoms with Gasteiger partial charge in [-0.1, -0.05) is 248 Å². The van der Waals surface area contributed by atoms with Gasteiger partial charge in [0, 0.05) is 19.3 Å². The van der Waals surface area contributed by atoms with Gasteiger partial charge in [0.1, 0.15) is 13.2 Å². The standard InChI is InChI=1S/C62H108O6/c1-4-7-10-13-16-19-22-25-28-30-32-34-37-40-43-46-49-52-55-61(64)67-58-59(57-66-60(63)54-51-48-45-42-39-36-33-27-24-21-18-15-12-9-6-3)68-62(65)56-53-50-47-44-41-38-35-31-29-26-23-20-17-14-11-8-5-2/h9,12,15,18,21,24,26,28-30,32,34,59H,4-8,10-11,13-14,16-17,19-20,22-23,25,27,31,33,35-58H2,1-3H3/b12-9-,18-15-,24-21-,29-26-,30-28-,34-32-. The van der Waals surface area contributed by atoms with E-state index in [0.717, 1.165) is 89.9 Å². The highest BCUT2D eigenvalue weighted by molar-refractivity contribution is 5.71. The zero-order valence-corrected chi connectivity index (χ0v) is 44.9. The van der Waals surface area contributed by atoms with E-state index in [2.05, 4.69) is 93.7 Å². The van der Waals surface area contributed by atoms with Crippen molar-refractivity contribution in [3.63, 3.8) is 0 Å². The number of carbonyl (C=O) groups is 3. The van der Waals surface area contributed by atoms with Crippen LogP contribution in [0, 0.1) is 0 Å². The van der Waals surface area contributed by atoms with Crippen LogP contribution in [0.3, 0.4) is 0 Å². The Balaban J connectivity index is 4.42. The molecule has 0 N–H and O–H groups in total. The van der Waals surface area contributed by atoms with Gasteiger partial charge in [0.25, 0.3) is 0 Å². The Morgan fingerprint density at radius 2 is 0.588 bits per heavy atom. The summed E-state index contributed by atoms with van der Waals surface area (Å²) in [5, 5.41) is 0. The first-order valence-electron chi connectivity index (χ1n) is 29.0. The van der Waals surface area contributed by atoms with Crippen molar-refractivity contribution in [3.05, 3.63) is 72.9 Å². The maximum atomic E-state index is 12.9. The van der Waals surface area contributed by atoms with Crippen molar-refractivity contribution >= 4 is 17.9 Å². The van der Waals surface area contributed by atoms with Crippen LogP contribution in [-0.4, -0.2) is 37.2 Å². The second-order valence-corrected chi connectivity index (χ2v) is 19.3. The van der Waals surface area contributed by atoms with Crippen LogP contribution in [0.2, 0.25) is 0 Å². The summed E-state index contributed by atoms with van der Waals surface area (Å²) in [6.45, 7) is 6.50. The maximum absolute atomic E-state index is 12.9. The summed E-state index contributed by atoms with van der Waals surface area (Å²) in [5.74, 6) is -0.910. The third kappa shape index (κ3) is 53.8. The minimum absolute atomic E-state index is 0.0881. The molecule has 0 aromatic rings. The van der Waals surface area contributed by atoms with Crippen molar-refractivity contribution in [1.82, 2.24) is 0 Å². The smallest absolute Gasteiger partial charge is 0.306 e. The predicted octanol–water partition coefficient (Wildman–Crippen LogP) is 19.4. The molecular weight excluding hydrogens is 841 g/mol. The summed E-state index contributed by atoms with van der Waals surface area (Å²) in [4.78, 5) is 38.2. The maximum Gasteiger partial charge on any atom is 0.306 e. The van der Waals surface area contributed by atoms with Gasteiger partial charge >= 0.3 is 17.9 Å². The zero-order valence-electron chi connectivity index (χ0n) is 44.9. The van der Waals surface area contributed by atoms with E-state index in [9.17, 15) is 14.4 Å². The number of ether oxygens (including phenoxy) is 3. The van der Waals surface area contributed by atoms with Gasteiger partial charge < -0.3 is 14.2 Å². The molecule has 0 fully saturated rings. The van der Waals surface area contributed by atoms with Crippen molar-refractivity contribution in [2.24, 2.45) is 0 Å². The largest absolute Gasteiger partial charge is 0.462 e. The average Bonchev–Trinajstić information content (AvgIpc) is 3.34. The second kappa shape index (κ2) is 56.4. The molecule has 0 radical (unpaired) electrons. The molecular formula is C62H108O6. The molecule has 0 amide bonds. The molecule has 0 spiro atoms. The van der Waals surface area contributed by atoms with Crippen molar-refractivity contribution in [2.45, 2.75) is 290 Å². The summed E-state index contributed by atoms with van der Waals surface area (Å²) in [7, 11) is 0. The van der Waals surface area contributed by atoms with E-state index in [0.29, 0.717) is 19.3 Å². The summed E-state index contributed by atoms with van der Waals surface area (Å²) in [6.07, 6.45) is 71.7. The van der Waals surface area contributed by atoms with Crippen LogP contribution in [0.25, 0.3) is 0 Å². The molecule has 68 heavy (non-hydrogen) atoms. The van der Waals surface area contributed by atoms with E-state index < -0.39 is 6.10 Å².